The van der Waals surface area contributed by atoms with Crippen molar-refractivity contribution in [1.29, 1.82) is 0 Å². The fourth-order valence-electron chi connectivity index (χ4n) is 5.49. The van der Waals surface area contributed by atoms with Crippen LogP contribution in [-0.2, 0) is 14.4 Å². The van der Waals surface area contributed by atoms with E-state index in [0.29, 0.717) is 16.7 Å². The van der Waals surface area contributed by atoms with Gasteiger partial charge in [-0.15, -0.1) is 17.9 Å². The van der Waals surface area contributed by atoms with Crippen LogP contribution in [0.3, 0.4) is 0 Å². The van der Waals surface area contributed by atoms with E-state index < -0.39 is 47.4 Å². The summed E-state index contributed by atoms with van der Waals surface area (Å²) in [7, 11) is 1.58. The molecule has 2 aliphatic heterocycles. The molecular formula is C28H28N6O6S. The van der Waals surface area contributed by atoms with Crippen molar-refractivity contribution in [3.8, 4) is 16.5 Å². The Labute approximate surface area is 239 Å². The Balaban J connectivity index is 1.30. The molecule has 1 aliphatic carbocycles. The number of likely N-dealkylation sites (N-methyl/N-ethyl adjacent to an activating group) is 1. The molecule has 12 nitrogen and oxygen atoms in total. The SMILES string of the molecule is C=C[C@@H]1C[C@]1(NC(=O)[C@@H]1C[C@@H](Oc2nc3ccccc3nc2-c2cccs2)CN1C(=O)[C@@H]1CN(C)C(=O)N1)C(=O)O. The molecular weight excluding hydrogens is 548 g/mol. The zero-order valence-corrected chi connectivity index (χ0v) is 23.0. The van der Waals surface area contributed by atoms with Crippen molar-refractivity contribution in [2.24, 2.45) is 5.92 Å². The van der Waals surface area contributed by atoms with Gasteiger partial charge in [-0.25, -0.2) is 19.6 Å². The van der Waals surface area contributed by atoms with Gasteiger partial charge in [-0.05, 0) is 30.0 Å². The Hall–Kier alpha value is -4.52. The third kappa shape index (κ3) is 4.75. The minimum absolute atomic E-state index is 0.0380. The number of aliphatic carboxylic acids is 1. The summed E-state index contributed by atoms with van der Waals surface area (Å²) < 4.78 is 6.37. The maximum Gasteiger partial charge on any atom is 0.330 e. The number of hydrogen-bond donors (Lipinski definition) is 3. The number of carbonyl (C=O) groups excluding carboxylic acids is 3. The number of rotatable bonds is 8. The fourth-order valence-corrected chi connectivity index (χ4v) is 6.20. The minimum Gasteiger partial charge on any atom is -0.479 e. The zero-order chi connectivity index (χ0) is 28.9. The van der Waals surface area contributed by atoms with E-state index in [1.807, 2.05) is 41.8 Å². The van der Waals surface area contributed by atoms with Crippen LogP contribution in [0.4, 0.5) is 4.79 Å². The molecule has 13 heteroatoms. The summed E-state index contributed by atoms with van der Waals surface area (Å²) in [6.45, 7) is 3.85. The summed E-state index contributed by atoms with van der Waals surface area (Å²) in [4.78, 5) is 64.4. The fraction of sp³-hybridized carbons (Fsp3) is 0.357. The van der Waals surface area contributed by atoms with Gasteiger partial charge in [0.2, 0.25) is 17.7 Å². The topological polar surface area (TPSA) is 154 Å². The average molecular weight is 577 g/mol. The molecule has 212 valence electrons. The lowest BCUT2D eigenvalue weighted by Gasteiger charge is -2.27. The highest BCUT2D eigenvalue weighted by Gasteiger charge is 2.61. The van der Waals surface area contributed by atoms with Gasteiger partial charge in [-0.2, -0.15) is 0 Å². The van der Waals surface area contributed by atoms with Crippen molar-refractivity contribution >= 4 is 46.2 Å². The molecule has 3 fully saturated rings. The molecule has 6 rings (SSSR count). The Morgan fingerprint density at radius 3 is 2.56 bits per heavy atom. The first kappa shape index (κ1) is 26.7. The number of carboxylic acid groups (broad SMARTS) is 1. The summed E-state index contributed by atoms with van der Waals surface area (Å²) >= 11 is 1.48. The number of benzene rings is 1. The number of nitrogens with zero attached hydrogens (tertiary/aromatic N) is 4. The van der Waals surface area contributed by atoms with Crippen molar-refractivity contribution in [1.82, 2.24) is 30.4 Å². The molecule has 1 saturated carbocycles. The number of hydrogen-bond acceptors (Lipinski definition) is 8. The highest BCUT2D eigenvalue weighted by atomic mass is 32.1. The van der Waals surface area contributed by atoms with Crippen LogP contribution in [0.1, 0.15) is 12.8 Å². The number of nitrogens with one attached hydrogen (secondary N) is 2. The molecule has 2 aromatic heterocycles. The number of urea groups is 1. The summed E-state index contributed by atoms with van der Waals surface area (Å²) in [6.07, 6.45) is 1.18. The number of thiophene rings is 1. The number of ether oxygens (including phenoxy) is 1. The number of amides is 4. The number of carbonyl (C=O) groups is 4. The highest BCUT2D eigenvalue weighted by molar-refractivity contribution is 7.13. The quantitative estimate of drug-likeness (QED) is 0.344. The van der Waals surface area contributed by atoms with Gasteiger partial charge >= 0.3 is 12.0 Å². The van der Waals surface area contributed by atoms with E-state index in [1.54, 1.807) is 7.05 Å². The zero-order valence-electron chi connectivity index (χ0n) is 22.1. The van der Waals surface area contributed by atoms with Crippen LogP contribution >= 0.6 is 11.3 Å². The van der Waals surface area contributed by atoms with Crippen LogP contribution in [0, 0.1) is 5.92 Å². The van der Waals surface area contributed by atoms with E-state index in [4.69, 9.17) is 14.7 Å². The summed E-state index contributed by atoms with van der Waals surface area (Å²) in [5.74, 6) is -2.34. The number of likely N-dealkylation sites (tertiary alicyclic amines) is 1. The molecule has 1 aromatic carbocycles. The largest absolute Gasteiger partial charge is 0.479 e. The van der Waals surface area contributed by atoms with Gasteiger partial charge in [0.15, 0.2) is 0 Å². The smallest absolute Gasteiger partial charge is 0.330 e. The van der Waals surface area contributed by atoms with Gasteiger partial charge in [0, 0.05) is 19.4 Å². The predicted molar refractivity (Wildman–Crippen MR) is 149 cm³/mol. The van der Waals surface area contributed by atoms with E-state index >= 15 is 0 Å². The molecule has 0 bridgehead atoms. The first-order valence-electron chi connectivity index (χ1n) is 13.2. The summed E-state index contributed by atoms with van der Waals surface area (Å²) in [5, 5.41) is 17.0. The van der Waals surface area contributed by atoms with Crippen LogP contribution < -0.4 is 15.4 Å². The van der Waals surface area contributed by atoms with Crippen molar-refractivity contribution in [3.05, 3.63) is 54.4 Å². The van der Waals surface area contributed by atoms with E-state index in [9.17, 15) is 24.3 Å². The molecule has 3 aliphatic rings. The molecule has 3 N–H and O–H groups in total. The van der Waals surface area contributed by atoms with Crippen LogP contribution in [0.5, 0.6) is 5.88 Å². The Morgan fingerprint density at radius 2 is 1.95 bits per heavy atom. The third-order valence-corrected chi connectivity index (χ3v) is 8.72. The monoisotopic (exact) mass is 576 g/mol. The van der Waals surface area contributed by atoms with Crippen LogP contribution in [-0.4, -0.2) is 92.6 Å². The molecule has 4 heterocycles. The second-order valence-electron chi connectivity index (χ2n) is 10.5. The molecule has 2 saturated heterocycles. The van der Waals surface area contributed by atoms with Gasteiger partial charge in [0.25, 0.3) is 0 Å². The van der Waals surface area contributed by atoms with Gasteiger partial charge < -0.3 is 30.3 Å². The second-order valence-corrected chi connectivity index (χ2v) is 11.5. The molecule has 0 radical (unpaired) electrons. The Morgan fingerprint density at radius 1 is 1.20 bits per heavy atom. The van der Waals surface area contributed by atoms with Crippen LogP contribution in [0.15, 0.2) is 54.4 Å². The lowest BCUT2D eigenvalue weighted by atomic mass is 10.1. The lowest BCUT2D eigenvalue weighted by molar-refractivity contribution is -0.145. The van der Waals surface area contributed by atoms with Gasteiger partial charge in [0.05, 0.1) is 29.0 Å². The molecule has 3 aromatic rings. The lowest BCUT2D eigenvalue weighted by Crippen LogP contribution is -2.55. The summed E-state index contributed by atoms with van der Waals surface area (Å²) in [6, 6.07) is 8.96. The first-order valence-corrected chi connectivity index (χ1v) is 14.1. The summed E-state index contributed by atoms with van der Waals surface area (Å²) in [5.41, 5.74) is 0.424. The number of aromatic nitrogens is 2. The van der Waals surface area contributed by atoms with Crippen molar-refractivity contribution in [2.45, 2.75) is 36.6 Å². The number of para-hydroxylation sites is 2. The van der Waals surface area contributed by atoms with Crippen molar-refractivity contribution in [3.63, 3.8) is 0 Å². The van der Waals surface area contributed by atoms with E-state index in [-0.39, 0.29) is 37.8 Å². The van der Waals surface area contributed by atoms with E-state index in [2.05, 4.69) is 17.2 Å². The minimum atomic E-state index is -1.45. The maximum absolute atomic E-state index is 13.6. The van der Waals surface area contributed by atoms with Crippen LogP contribution in [0.25, 0.3) is 21.6 Å². The van der Waals surface area contributed by atoms with E-state index in [0.717, 1.165) is 4.88 Å². The maximum atomic E-state index is 13.6. The molecule has 41 heavy (non-hydrogen) atoms. The van der Waals surface area contributed by atoms with Gasteiger partial charge in [-0.3, -0.25) is 9.59 Å². The molecule has 0 spiro atoms. The highest BCUT2D eigenvalue weighted by Crippen LogP contribution is 2.45. The third-order valence-electron chi connectivity index (χ3n) is 7.85. The second kappa shape index (κ2) is 10.1. The van der Waals surface area contributed by atoms with Gasteiger partial charge in [0.1, 0.15) is 29.4 Å². The molecule has 0 unspecified atom stereocenters. The predicted octanol–water partition coefficient (Wildman–Crippen LogP) is 1.88. The van der Waals surface area contributed by atoms with Gasteiger partial charge in [-0.1, -0.05) is 24.3 Å². The molecule has 4 amide bonds. The standard InChI is InChI=1S/C28H28N6O6S/c1-3-15-12-28(15,26(37)38)32-23(35)20-11-16(13-34(20)25(36)19-14-33(2)27(39)31-19)40-24-22(21-9-6-10-41-21)29-17-7-4-5-8-18(17)30-24/h3-10,15-16,19-20H,1,11-14H2,2H3,(H,31,39)(H,32,35)(H,37,38)/t15-,16-,19+,20+,28-/m1/s1. The van der Waals surface area contributed by atoms with Crippen molar-refractivity contribution < 1.29 is 29.0 Å². The van der Waals surface area contributed by atoms with E-state index in [1.165, 1.54) is 27.2 Å². The Kier molecular flexibility index (Phi) is 6.60. The number of carboxylic acids is 1. The normalized spacial score (nSPS) is 27.0. The average Bonchev–Trinajstić information content (AvgIpc) is 3.32. The van der Waals surface area contributed by atoms with Crippen molar-refractivity contribution in [2.75, 3.05) is 20.1 Å². The number of fused-ring (bicyclic) bond motifs is 1. The Bertz CT molecular complexity index is 1560. The van der Waals surface area contributed by atoms with Crippen LogP contribution in [0.2, 0.25) is 0 Å². The first-order chi connectivity index (χ1) is 19.7. The molecule has 5 atom stereocenters.